The van der Waals surface area contributed by atoms with E-state index >= 15 is 0 Å². The average Bonchev–Trinajstić information content (AvgIpc) is 1.91. The first-order valence-electron chi connectivity index (χ1n) is 3.84. The van der Waals surface area contributed by atoms with Crippen LogP contribution >= 0.6 is 11.6 Å². The zero-order valence-corrected chi connectivity index (χ0v) is 12.4. The third-order valence-electron chi connectivity index (χ3n) is 1.16. The van der Waals surface area contributed by atoms with Crippen LogP contribution in [-0.4, -0.2) is 28.7 Å². The summed E-state index contributed by atoms with van der Waals surface area (Å²) in [4.78, 5) is 0. The summed E-state index contributed by atoms with van der Waals surface area (Å²) in [5.41, 5.74) is -0.176. The second-order valence-electron chi connectivity index (χ2n) is 3.59. The van der Waals surface area contributed by atoms with Gasteiger partial charge in [-0.05, 0) is 20.8 Å². The van der Waals surface area contributed by atoms with Crippen molar-refractivity contribution in [3.8, 4) is 5.75 Å². The van der Waals surface area contributed by atoms with Crippen LogP contribution in [0.5, 0.6) is 5.75 Å². The van der Waals surface area contributed by atoms with Gasteiger partial charge < -0.3 is 21.7 Å². The van der Waals surface area contributed by atoms with Crippen molar-refractivity contribution in [1.82, 2.24) is 0 Å². The maximum absolute atomic E-state index is 5.70. The number of hydrogen-bond donors (Lipinski definition) is 0. The van der Waals surface area contributed by atoms with Crippen molar-refractivity contribution in [2.45, 2.75) is 26.4 Å². The van der Waals surface area contributed by atoms with Gasteiger partial charge in [-0.2, -0.15) is 23.7 Å². The predicted molar refractivity (Wildman–Crippen MR) is 56.4 cm³/mol. The van der Waals surface area contributed by atoms with Crippen molar-refractivity contribution in [1.29, 1.82) is 0 Å². The Morgan fingerprint density at radius 2 is 1.86 bits per heavy atom. The molecule has 4 heteroatoms. The van der Waals surface area contributed by atoms with Crippen molar-refractivity contribution in [3.63, 3.8) is 0 Å². The van der Waals surface area contributed by atoms with E-state index in [2.05, 4.69) is 6.07 Å². The van der Waals surface area contributed by atoms with E-state index in [1.54, 1.807) is 12.1 Å². The molecular weight excluding hydrogens is 276 g/mol. The molecule has 0 heterocycles. The van der Waals surface area contributed by atoms with Crippen LogP contribution in [0.15, 0.2) is 18.2 Å². The number of halogens is 2. The topological polar surface area (TPSA) is 9.23 Å². The van der Waals surface area contributed by atoms with Gasteiger partial charge in [-0.1, -0.05) is 5.02 Å². The maximum Gasteiger partial charge on any atom is 2.00 e. The Bertz CT molecular complexity index is 256. The Labute approximate surface area is 117 Å². The third-order valence-corrected chi connectivity index (χ3v) is 1.40. The number of rotatable bonds is 1. The van der Waals surface area contributed by atoms with Gasteiger partial charge in [0.1, 0.15) is 0 Å². The fraction of sp³-hybridized carbons (Fsp3) is 0.400. The fourth-order valence-electron chi connectivity index (χ4n) is 0.785. The maximum atomic E-state index is 5.70. The summed E-state index contributed by atoms with van der Waals surface area (Å²) in [5, 5.41) is 0.677. The van der Waals surface area contributed by atoms with Crippen LogP contribution in [-0.2, 0) is 0 Å². The van der Waals surface area contributed by atoms with Crippen molar-refractivity contribution < 1.29 is 21.7 Å². The summed E-state index contributed by atoms with van der Waals surface area (Å²) in [6, 6.07) is 8.24. The van der Waals surface area contributed by atoms with Gasteiger partial charge in [0.05, 0.1) is 5.60 Å². The molecule has 1 rings (SSSR count). The number of hydrogen-bond acceptors (Lipinski definition) is 1. The first-order chi connectivity index (χ1) is 5.47. The SMILES string of the molecule is CC(C)(C)Oc1[c-]cc(Cl)cc1.[Br-].[Mg+2]. The van der Waals surface area contributed by atoms with Crippen molar-refractivity contribution in [2.24, 2.45) is 0 Å². The fourth-order valence-corrected chi connectivity index (χ4v) is 0.902. The molecule has 0 unspecified atom stereocenters. The van der Waals surface area contributed by atoms with Crippen LogP contribution in [0.1, 0.15) is 20.8 Å². The molecule has 0 spiro atoms. The molecule has 0 bridgehead atoms. The second kappa shape index (κ2) is 6.93. The molecule has 1 aromatic carbocycles. The van der Waals surface area contributed by atoms with Crippen LogP contribution in [0.25, 0.3) is 0 Å². The molecule has 0 atom stereocenters. The van der Waals surface area contributed by atoms with Gasteiger partial charge in [0.15, 0.2) is 0 Å². The van der Waals surface area contributed by atoms with Crippen LogP contribution in [0.3, 0.4) is 0 Å². The van der Waals surface area contributed by atoms with E-state index in [1.807, 2.05) is 26.8 Å². The van der Waals surface area contributed by atoms with E-state index in [1.165, 1.54) is 0 Å². The van der Waals surface area contributed by atoms with Gasteiger partial charge in [-0.15, -0.1) is 12.1 Å². The molecule has 1 aromatic rings. The Balaban J connectivity index is 0. The molecule has 0 saturated heterocycles. The van der Waals surface area contributed by atoms with Crippen LogP contribution in [0, 0.1) is 6.07 Å². The standard InChI is InChI=1S/C10H12ClO.BrH.Mg/c1-10(2,3)12-9-6-4-8(11)5-7-9;;/h4-6H,1-3H3;1H;/q-1;;+2/p-1. The van der Waals surface area contributed by atoms with E-state index in [0.29, 0.717) is 5.02 Å². The average molecular weight is 288 g/mol. The van der Waals surface area contributed by atoms with Crippen molar-refractivity contribution in [2.75, 3.05) is 0 Å². The molecule has 0 aliphatic rings. The first-order valence-corrected chi connectivity index (χ1v) is 4.21. The van der Waals surface area contributed by atoms with Crippen molar-refractivity contribution >= 4 is 34.7 Å². The van der Waals surface area contributed by atoms with Gasteiger partial charge in [0.2, 0.25) is 0 Å². The predicted octanol–water partition coefficient (Wildman–Crippen LogP) is -0.0593. The zero-order valence-electron chi connectivity index (χ0n) is 8.60. The van der Waals surface area contributed by atoms with Crippen LogP contribution < -0.4 is 21.7 Å². The monoisotopic (exact) mass is 286 g/mol. The van der Waals surface area contributed by atoms with E-state index in [0.717, 1.165) is 5.75 Å². The summed E-state index contributed by atoms with van der Waals surface area (Å²) in [7, 11) is 0. The van der Waals surface area contributed by atoms with Crippen LogP contribution in [0.4, 0.5) is 0 Å². The molecule has 1 nitrogen and oxygen atoms in total. The van der Waals surface area contributed by atoms with Crippen molar-refractivity contribution in [3.05, 3.63) is 29.3 Å². The zero-order chi connectivity index (χ0) is 9.19. The third kappa shape index (κ3) is 6.93. The summed E-state index contributed by atoms with van der Waals surface area (Å²) >= 11 is 5.70. The largest absolute Gasteiger partial charge is 2.00 e. The minimum Gasteiger partial charge on any atom is -1.00 e. The molecule has 0 fully saturated rings. The summed E-state index contributed by atoms with van der Waals surface area (Å²) in [6.45, 7) is 5.99. The molecule has 0 N–H and O–H groups in total. The van der Waals surface area contributed by atoms with Gasteiger partial charge in [-0.25, -0.2) is 0 Å². The van der Waals surface area contributed by atoms with E-state index in [-0.39, 0.29) is 45.6 Å². The molecule has 14 heavy (non-hydrogen) atoms. The minimum absolute atomic E-state index is 0. The molecule has 0 aromatic heterocycles. The van der Waals surface area contributed by atoms with E-state index in [4.69, 9.17) is 16.3 Å². The Kier molecular flexibility index (Phi) is 8.40. The first kappa shape index (κ1) is 17.0. The van der Waals surface area contributed by atoms with Crippen LogP contribution in [0.2, 0.25) is 5.02 Å². The molecule has 0 amide bonds. The minimum atomic E-state index is -0.176. The van der Waals surface area contributed by atoms with Gasteiger partial charge in [0, 0.05) is 5.75 Å². The quantitative estimate of drug-likeness (QED) is 0.520. The van der Waals surface area contributed by atoms with Gasteiger partial charge >= 0.3 is 23.1 Å². The normalized spacial score (nSPS) is 9.71. The number of ether oxygens (including phenoxy) is 1. The summed E-state index contributed by atoms with van der Waals surface area (Å²) in [5.74, 6) is 0.729. The molecule has 0 aliphatic heterocycles. The van der Waals surface area contributed by atoms with Gasteiger partial charge in [-0.3, -0.25) is 0 Å². The Hall–Kier alpha value is 0.556. The smallest absolute Gasteiger partial charge is 1.00 e. The molecule has 0 aliphatic carbocycles. The molecule has 0 radical (unpaired) electrons. The van der Waals surface area contributed by atoms with E-state index in [9.17, 15) is 0 Å². The Morgan fingerprint density at radius 3 is 2.21 bits per heavy atom. The van der Waals surface area contributed by atoms with Gasteiger partial charge in [0.25, 0.3) is 0 Å². The molecule has 74 valence electrons. The summed E-state index contributed by atoms with van der Waals surface area (Å²) in [6.07, 6.45) is 0. The summed E-state index contributed by atoms with van der Waals surface area (Å²) < 4.78 is 5.54. The molecule has 0 saturated carbocycles. The van der Waals surface area contributed by atoms with E-state index < -0.39 is 0 Å². The second-order valence-corrected chi connectivity index (χ2v) is 4.02. The number of benzene rings is 1. The molecular formula is C10H12BrClMgO. The Morgan fingerprint density at radius 1 is 1.29 bits per heavy atom.